The molecule has 202 valence electrons. The molecular weight excluding hydrogens is 483 g/mol. The molecule has 3 aromatic rings. The zero-order valence-electron chi connectivity index (χ0n) is 22.9. The third-order valence-electron chi connectivity index (χ3n) is 6.95. The van der Waals surface area contributed by atoms with Gasteiger partial charge in [0.25, 0.3) is 0 Å². The highest BCUT2D eigenvalue weighted by atomic mass is 19.1. The van der Waals surface area contributed by atoms with E-state index < -0.39 is 17.8 Å². The summed E-state index contributed by atoms with van der Waals surface area (Å²) >= 11 is 0. The number of methoxy groups -OCH3 is 1. The lowest BCUT2D eigenvalue weighted by atomic mass is 9.82. The number of ether oxygens (including phenoxy) is 3. The monoisotopic (exact) mass is 520 g/mol. The van der Waals surface area contributed by atoms with Gasteiger partial charge >= 0.3 is 11.9 Å². The third kappa shape index (κ3) is 7.75. The maximum absolute atomic E-state index is 14.5. The van der Waals surface area contributed by atoms with Gasteiger partial charge in [0.05, 0.1) is 24.3 Å². The predicted octanol–water partition coefficient (Wildman–Crippen LogP) is 7.52. The molecule has 0 aromatic heterocycles. The summed E-state index contributed by atoms with van der Waals surface area (Å²) in [5.41, 5.74) is 3.68. The molecule has 6 heteroatoms. The Morgan fingerprint density at radius 2 is 1.50 bits per heavy atom. The Bertz CT molecular complexity index is 1220. The molecule has 38 heavy (non-hydrogen) atoms. The second kappa shape index (κ2) is 13.3. The average molecular weight is 521 g/mol. The fourth-order valence-corrected chi connectivity index (χ4v) is 4.02. The topological polar surface area (TPSA) is 61.8 Å². The maximum Gasteiger partial charge on any atom is 0.343 e. The molecule has 2 unspecified atom stereocenters. The van der Waals surface area contributed by atoms with Crippen LogP contribution in [-0.2, 0) is 15.9 Å². The van der Waals surface area contributed by atoms with Crippen molar-refractivity contribution >= 4 is 11.9 Å². The molecule has 0 heterocycles. The molecule has 2 atom stereocenters. The van der Waals surface area contributed by atoms with Crippen molar-refractivity contribution in [1.82, 2.24) is 0 Å². The molecule has 5 nitrogen and oxygen atoms in total. The number of rotatable bonds is 12. The number of hydrogen-bond acceptors (Lipinski definition) is 5. The van der Waals surface area contributed by atoms with Crippen LogP contribution in [-0.4, -0.2) is 32.3 Å². The Kier molecular flexibility index (Phi) is 10.2. The van der Waals surface area contributed by atoms with E-state index in [1.807, 2.05) is 26.0 Å². The van der Waals surface area contributed by atoms with Gasteiger partial charge in [0.2, 0.25) is 0 Å². The first kappa shape index (κ1) is 29.1. The Hall–Kier alpha value is -3.51. The summed E-state index contributed by atoms with van der Waals surface area (Å²) in [6.07, 6.45) is 2.83. The Balaban J connectivity index is 1.63. The van der Waals surface area contributed by atoms with Crippen LogP contribution in [0.2, 0.25) is 0 Å². The molecule has 0 saturated carbocycles. The minimum atomic E-state index is -0.808. The molecule has 0 fully saturated rings. The number of halogens is 1. The van der Waals surface area contributed by atoms with Crippen LogP contribution in [0.3, 0.4) is 0 Å². The van der Waals surface area contributed by atoms with Crippen LogP contribution in [0.4, 0.5) is 4.39 Å². The van der Waals surface area contributed by atoms with Gasteiger partial charge in [0.15, 0.2) is 11.6 Å². The van der Waals surface area contributed by atoms with E-state index in [1.165, 1.54) is 17.7 Å². The van der Waals surface area contributed by atoms with Crippen LogP contribution in [0.25, 0.3) is 11.1 Å². The number of hydrogen-bond donors (Lipinski definition) is 0. The SMILES string of the molecule is CCC(C)COC(=O)c1ccc(OC(=O)c2ccc(-c3ccc(CC(C)(CC)COC)cc3)cc2)c(F)c1. The van der Waals surface area contributed by atoms with E-state index in [0.29, 0.717) is 12.2 Å². The number of carbonyl (C=O) groups excluding carboxylic acids is 2. The largest absolute Gasteiger partial charge is 0.462 e. The van der Waals surface area contributed by atoms with E-state index in [4.69, 9.17) is 14.2 Å². The first-order valence-corrected chi connectivity index (χ1v) is 13.0. The highest BCUT2D eigenvalue weighted by molar-refractivity contribution is 5.92. The number of benzene rings is 3. The van der Waals surface area contributed by atoms with Crippen molar-refractivity contribution in [3.8, 4) is 16.9 Å². The van der Waals surface area contributed by atoms with Crippen molar-refractivity contribution in [3.05, 3.63) is 89.2 Å². The second-order valence-corrected chi connectivity index (χ2v) is 10.2. The zero-order chi connectivity index (χ0) is 27.7. The highest BCUT2D eigenvalue weighted by Gasteiger charge is 2.22. The molecule has 0 amide bonds. The van der Waals surface area contributed by atoms with E-state index in [2.05, 4.69) is 38.1 Å². The summed E-state index contributed by atoms with van der Waals surface area (Å²) in [6, 6.07) is 19.0. The van der Waals surface area contributed by atoms with E-state index in [0.717, 1.165) is 36.5 Å². The smallest absolute Gasteiger partial charge is 0.343 e. The molecular formula is C32H37FO5. The molecule has 3 aromatic carbocycles. The van der Waals surface area contributed by atoms with Crippen LogP contribution in [0.15, 0.2) is 66.7 Å². The fourth-order valence-electron chi connectivity index (χ4n) is 4.02. The van der Waals surface area contributed by atoms with Crippen LogP contribution in [0.5, 0.6) is 5.75 Å². The molecule has 0 aliphatic carbocycles. The average Bonchev–Trinajstić information content (AvgIpc) is 2.93. The number of carbonyl (C=O) groups is 2. The first-order valence-electron chi connectivity index (χ1n) is 13.0. The fraction of sp³-hybridized carbons (Fsp3) is 0.375. The van der Waals surface area contributed by atoms with E-state index in [1.54, 1.807) is 19.2 Å². The predicted molar refractivity (Wildman–Crippen MR) is 147 cm³/mol. The summed E-state index contributed by atoms with van der Waals surface area (Å²) in [7, 11) is 1.73. The van der Waals surface area contributed by atoms with Crippen LogP contribution in [0.1, 0.15) is 66.8 Å². The van der Waals surface area contributed by atoms with Crippen molar-refractivity contribution in [3.63, 3.8) is 0 Å². The molecule has 0 aliphatic heterocycles. The quantitative estimate of drug-likeness (QED) is 0.183. The standard InChI is InChI=1S/C32H37FO5/c1-6-22(3)20-37-30(34)27-16-17-29(28(33)18-27)38-31(35)26-14-12-25(13-15-26)24-10-8-23(9-11-24)19-32(4,7-2)21-36-5/h8-18,22H,6-7,19-21H2,1-5H3. The summed E-state index contributed by atoms with van der Waals surface area (Å²) in [5, 5.41) is 0. The van der Waals surface area contributed by atoms with Crippen molar-refractivity contribution < 1.29 is 28.2 Å². The Morgan fingerprint density at radius 1 is 0.895 bits per heavy atom. The van der Waals surface area contributed by atoms with Gasteiger partial charge in [-0.05, 0) is 71.2 Å². The molecule has 0 aliphatic rings. The lowest BCUT2D eigenvalue weighted by molar-refractivity contribution is 0.0446. The summed E-state index contributed by atoms with van der Waals surface area (Å²) in [6.45, 7) is 9.34. The van der Waals surface area contributed by atoms with Gasteiger partial charge in [-0.25, -0.2) is 14.0 Å². The summed E-state index contributed by atoms with van der Waals surface area (Å²) in [4.78, 5) is 24.8. The van der Waals surface area contributed by atoms with E-state index >= 15 is 0 Å². The summed E-state index contributed by atoms with van der Waals surface area (Å²) < 4.78 is 30.4. The van der Waals surface area contributed by atoms with Crippen LogP contribution in [0, 0.1) is 17.2 Å². The second-order valence-electron chi connectivity index (χ2n) is 10.2. The first-order chi connectivity index (χ1) is 18.2. The Morgan fingerprint density at radius 3 is 2.05 bits per heavy atom. The van der Waals surface area contributed by atoms with E-state index in [-0.39, 0.29) is 29.3 Å². The summed E-state index contributed by atoms with van der Waals surface area (Å²) in [5.74, 6) is -2.13. The third-order valence-corrected chi connectivity index (χ3v) is 6.95. The highest BCUT2D eigenvalue weighted by Crippen LogP contribution is 2.29. The molecule has 0 N–H and O–H groups in total. The minimum absolute atomic E-state index is 0.0685. The van der Waals surface area contributed by atoms with Gasteiger partial charge in [-0.2, -0.15) is 0 Å². The maximum atomic E-state index is 14.5. The van der Waals surface area contributed by atoms with Crippen molar-refractivity contribution in [2.24, 2.45) is 11.3 Å². The lowest BCUT2D eigenvalue weighted by Crippen LogP contribution is -2.24. The van der Waals surface area contributed by atoms with Gasteiger partial charge in [0.1, 0.15) is 0 Å². The molecule has 3 rings (SSSR count). The molecule has 0 spiro atoms. The molecule has 0 radical (unpaired) electrons. The van der Waals surface area contributed by atoms with E-state index in [9.17, 15) is 14.0 Å². The Labute approximate surface area is 224 Å². The zero-order valence-corrected chi connectivity index (χ0v) is 22.9. The van der Waals surface area contributed by atoms with Gasteiger partial charge in [-0.1, -0.05) is 70.5 Å². The van der Waals surface area contributed by atoms with Gasteiger partial charge in [-0.3, -0.25) is 0 Å². The molecule has 0 bridgehead atoms. The van der Waals surface area contributed by atoms with Gasteiger partial charge < -0.3 is 14.2 Å². The van der Waals surface area contributed by atoms with Crippen molar-refractivity contribution in [2.75, 3.05) is 20.3 Å². The van der Waals surface area contributed by atoms with Gasteiger partial charge in [-0.15, -0.1) is 0 Å². The van der Waals surface area contributed by atoms with Crippen molar-refractivity contribution in [2.45, 2.75) is 47.0 Å². The molecule has 0 saturated heterocycles. The minimum Gasteiger partial charge on any atom is -0.462 e. The van der Waals surface area contributed by atoms with Gasteiger partial charge in [0, 0.05) is 7.11 Å². The lowest BCUT2D eigenvalue weighted by Gasteiger charge is -2.27. The van der Waals surface area contributed by atoms with Crippen LogP contribution >= 0.6 is 0 Å². The van der Waals surface area contributed by atoms with Crippen molar-refractivity contribution in [1.29, 1.82) is 0 Å². The number of esters is 2. The van der Waals surface area contributed by atoms with Crippen LogP contribution < -0.4 is 4.74 Å². The normalized spacial score (nSPS) is 13.4.